The second-order valence-corrected chi connectivity index (χ2v) is 12.5. The zero-order valence-electron chi connectivity index (χ0n) is 20.2. The predicted octanol–water partition coefficient (Wildman–Crippen LogP) is 6.54. The second-order valence-electron chi connectivity index (χ2n) is 12.5. The fourth-order valence-electron chi connectivity index (χ4n) is 8.48. The Morgan fingerprint density at radius 2 is 1.70 bits per heavy atom. The molecule has 4 fully saturated rings. The Morgan fingerprint density at radius 1 is 0.933 bits per heavy atom. The molecule has 0 radical (unpaired) electrons. The van der Waals surface area contributed by atoms with Crippen molar-refractivity contribution in [2.45, 2.75) is 105 Å². The molecule has 5 rings (SSSR count). The molecule has 10 atom stereocenters. The van der Waals surface area contributed by atoms with Crippen LogP contribution in [-0.2, 0) is 4.74 Å². The van der Waals surface area contributed by atoms with Crippen LogP contribution in [0.1, 0.15) is 86.5 Å². The fraction of sp³-hybridized carbons (Fsp3) is 0.857. The van der Waals surface area contributed by atoms with Gasteiger partial charge in [0, 0.05) is 0 Å². The topological polar surface area (TPSA) is 32.8 Å². The van der Waals surface area contributed by atoms with Gasteiger partial charge in [-0.3, -0.25) is 0 Å². The van der Waals surface area contributed by atoms with Gasteiger partial charge < -0.3 is 9.84 Å². The maximum atomic E-state index is 10.2. The van der Waals surface area contributed by atoms with Gasteiger partial charge in [-0.25, -0.2) is 0 Å². The summed E-state index contributed by atoms with van der Waals surface area (Å²) in [6.45, 7) is 14.7. The van der Waals surface area contributed by atoms with Crippen molar-refractivity contribution in [3.8, 4) is 0 Å². The molecular formula is C28H44O2. The highest BCUT2D eigenvalue weighted by molar-refractivity contribution is 5.39. The Balaban J connectivity index is 1.37. The number of allylic oxidation sites excluding steroid dienone is 3. The van der Waals surface area contributed by atoms with Crippen molar-refractivity contribution >= 4 is 0 Å². The molecule has 3 saturated carbocycles. The predicted molar refractivity (Wildman–Crippen MR) is 123 cm³/mol. The van der Waals surface area contributed by atoms with Crippen LogP contribution in [0, 0.1) is 46.3 Å². The van der Waals surface area contributed by atoms with E-state index in [4.69, 9.17) is 4.74 Å². The Kier molecular flexibility index (Phi) is 5.10. The zero-order chi connectivity index (χ0) is 21.4. The van der Waals surface area contributed by atoms with Crippen LogP contribution >= 0.6 is 0 Å². The first-order chi connectivity index (χ1) is 14.2. The summed E-state index contributed by atoms with van der Waals surface area (Å²) in [4.78, 5) is 0. The van der Waals surface area contributed by atoms with Gasteiger partial charge in [0.05, 0.1) is 18.3 Å². The van der Waals surface area contributed by atoms with Crippen molar-refractivity contribution in [1.82, 2.24) is 0 Å². The zero-order valence-corrected chi connectivity index (χ0v) is 20.2. The minimum absolute atomic E-state index is 0.121. The molecule has 1 saturated heterocycles. The molecule has 30 heavy (non-hydrogen) atoms. The van der Waals surface area contributed by atoms with Crippen LogP contribution in [0.15, 0.2) is 23.3 Å². The maximum Gasteiger partial charge on any atom is 0.0873 e. The normalized spacial score (nSPS) is 49.5. The molecule has 0 aromatic heterocycles. The molecule has 0 aromatic carbocycles. The first-order valence-corrected chi connectivity index (χ1v) is 12.9. The van der Waals surface area contributed by atoms with E-state index in [2.05, 4.69) is 53.7 Å². The highest BCUT2D eigenvalue weighted by Gasteiger charge is 2.60. The van der Waals surface area contributed by atoms with Gasteiger partial charge in [-0.05, 0) is 91.3 Å². The van der Waals surface area contributed by atoms with Crippen molar-refractivity contribution in [2.24, 2.45) is 46.3 Å². The number of fused-ring (bicyclic) bond motifs is 5. The number of aliphatic hydroxyl groups excluding tert-OH is 1. The molecule has 0 spiro atoms. The van der Waals surface area contributed by atoms with E-state index < -0.39 is 0 Å². The molecule has 0 aromatic rings. The molecule has 0 bridgehead atoms. The maximum absolute atomic E-state index is 10.2. The number of ether oxygens (including phenoxy) is 1. The smallest absolute Gasteiger partial charge is 0.0873 e. The number of hydrogen-bond donors (Lipinski definition) is 1. The molecule has 0 amide bonds. The summed E-state index contributed by atoms with van der Waals surface area (Å²) in [7, 11) is 0. The summed E-state index contributed by atoms with van der Waals surface area (Å²) >= 11 is 0. The first-order valence-electron chi connectivity index (χ1n) is 12.9. The van der Waals surface area contributed by atoms with Crippen molar-refractivity contribution in [2.75, 3.05) is 0 Å². The largest absolute Gasteiger partial charge is 0.393 e. The Labute approximate surface area is 184 Å². The summed E-state index contributed by atoms with van der Waals surface area (Å²) in [6, 6.07) is 0. The summed E-state index contributed by atoms with van der Waals surface area (Å²) in [5.74, 6) is 4.32. The minimum atomic E-state index is -0.121. The molecule has 168 valence electrons. The fourth-order valence-corrected chi connectivity index (χ4v) is 8.48. The monoisotopic (exact) mass is 412 g/mol. The summed E-state index contributed by atoms with van der Waals surface area (Å²) in [5, 5.41) is 10.2. The standard InChI is InChI=1S/C28H44O2/c1-16(2)17(3)25-26(30-25)18(4)22-9-10-23-21-8-7-19-15-20(29)11-13-27(19,5)24(21)12-14-28(22,23)6/h7-8,16-18,20,22-26,29H,9-15H2,1-6H3/t17-,18+,20+,22?,23?,24?,25+,26+,27+,28-/m1/s1. The lowest BCUT2D eigenvalue weighted by atomic mass is 9.50. The first kappa shape index (κ1) is 21.3. The van der Waals surface area contributed by atoms with Crippen LogP contribution < -0.4 is 0 Å². The van der Waals surface area contributed by atoms with E-state index in [9.17, 15) is 5.11 Å². The molecule has 2 heteroatoms. The van der Waals surface area contributed by atoms with E-state index in [1.807, 2.05) is 0 Å². The van der Waals surface area contributed by atoms with E-state index in [1.54, 1.807) is 5.57 Å². The van der Waals surface area contributed by atoms with Crippen molar-refractivity contribution in [1.29, 1.82) is 0 Å². The quantitative estimate of drug-likeness (QED) is 0.532. The number of aliphatic hydroxyl groups is 1. The molecule has 5 aliphatic rings. The SMILES string of the molecule is CC(C)[C@@H](C)[C@@H]1O[C@H]1[C@@H](C)C1CCC2C3=CC=C4C[C@@H](O)CC[C@]4(C)C3CC[C@@]21C. The van der Waals surface area contributed by atoms with E-state index in [0.29, 0.717) is 46.7 Å². The van der Waals surface area contributed by atoms with E-state index in [-0.39, 0.29) is 6.10 Å². The number of epoxide rings is 1. The lowest BCUT2D eigenvalue weighted by molar-refractivity contribution is 0.0299. The minimum Gasteiger partial charge on any atom is -0.393 e. The van der Waals surface area contributed by atoms with Gasteiger partial charge in [-0.2, -0.15) is 0 Å². The molecular weight excluding hydrogens is 368 g/mol. The van der Waals surface area contributed by atoms with Gasteiger partial charge in [-0.15, -0.1) is 0 Å². The van der Waals surface area contributed by atoms with E-state index in [0.717, 1.165) is 31.1 Å². The Morgan fingerprint density at radius 3 is 2.43 bits per heavy atom. The lowest BCUT2D eigenvalue weighted by Crippen LogP contribution is -2.47. The number of hydrogen-bond acceptors (Lipinski definition) is 2. The molecule has 2 nitrogen and oxygen atoms in total. The lowest BCUT2D eigenvalue weighted by Gasteiger charge is -2.55. The number of rotatable bonds is 4. The van der Waals surface area contributed by atoms with Gasteiger partial charge in [0.2, 0.25) is 0 Å². The van der Waals surface area contributed by atoms with Gasteiger partial charge in [0.25, 0.3) is 0 Å². The van der Waals surface area contributed by atoms with Gasteiger partial charge >= 0.3 is 0 Å². The van der Waals surface area contributed by atoms with Gasteiger partial charge in [0.1, 0.15) is 0 Å². The van der Waals surface area contributed by atoms with Gasteiger partial charge in [-0.1, -0.05) is 64.8 Å². The molecule has 3 unspecified atom stereocenters. The van der Waals surface area contributed by atoms with Crippen LogP contribution in [-0.4, -0.2) is 23.4 Å². The van der Waals surface area contributed by atoms with Crippen molar-refractivity contribution in [3.63, 3.8) is 0 Å². The van der Waals surface area contributed by atoms with Crippen molar-refractivity contribution < 1.29 is 9.84 Å². The highest BCUT2D eigenvalue weighted by atomic mass is 16.6. The Bertz CT molecular complexity index is 750. The molecule has 1 heterocycles. The van der Waals surface area contributed by atoms with Crippen LogP contribution in [0.5, 0.6) is 0 Å². The second kappa shape index (κ2) is 7.20. The summed E-state index contributed by atoms with van der Waals surface area (Å²) in [6.07, 6.45) is 14.3. The highest BCUT2D eigenvalue weighted by Crippen LogP contribution is 2.66. The molecule has 1 aliphatic heterocycles. The third-order valence-corrected chi connectivity index (χ3v) is 10.9. The van der Waals surface area contributed by atoms with Crippen LogP contribution in [0.3, 0.4) is 0 Å². The third kappa shape index (κ3) is 3.03. The molecule has 4 aliphatic carbocycles. The third-order valence-electron chi connectivity index (χ3n) is 10.9. The van der Waals surface area contributed by atoms with E-state index in [1.165, 1.54) is 31.3 Å². The average Bonchev–Trinajstić information content (AvgIpc) is 3.42. The molecule has 1 N–H and O–H groups in total. The van der Waals surface area contributed by atoms with Crippen LogP contribution in [0.4, 0.5) is 0 Å². The van der Waals surface area contributed by atoms with Crippen molar-refractivity contribution in [3.05, 3.63) is 23.3 Å². The average molecular weight is 413 g/mol. The van der Waals surface area contributed by atoms with Gasteiger partial charge in [0.15, 0.2) is 0 Å². The van der Waals surface area contributed by atoms with Crippen LogP contribution in [0.25, 0.3) is 0 Å². The summed E-state index contributed by atoms with van der Waals surface area (Å²) in [5.41, 5.74) is 4.03. The summed E-state index contributed by atoms with van der Waals surface area (Å²) < 4.78 is 6.29. The Hall–Kier alpha value is -0.600. The van der Waals surface area contributed by atoms with E-state index >= 15 is 0 Å². The van der Waals surface area contributed by atoms with Crippen LogP contribution in [0.2, 0.25) is 0 Å².